The Bertz CT molecular complexity index is 655. The monoisotopic (exact) mass is 211 g/mol. The maximum absolute atomic E-state index is 4.48. The molecule has 0 spiro atoms. The number of nitrogens with one attached hydrogen (secondary N) is 2. The standard InChI is InChI=1S/C12H10N4/c1-2-7-4-5-13-11-9(7)8(3-1)10-12(11)16-15-6-14-10/h4-6,16H,1-3H2/p+1. The van der Waals surface area contributed by atoms with Gasteiger partial charge in [0.05, 0.1) is 0 Å². The summed E-state index contributed by atoms with van der Waals surface area (Å²) >= 11 is 0. The lowest BCUT2D eigenvalue weighted by atomic mass is 9.94. The summed E-state index contributed by atoms with van der Waals surface area (Å²) in [6.07, 6.45) is 7.11. The molecule has 0 amide bonds. The molecule has 0 atom stereocenters. The Morgan fingerprint density at radius 1 is 1.31 bits per heavy atom. The zero-order valence-corrected chi connectivity index (χ0v) is 8.75. The van der Waals surface area contributed by atoms with Gasteiger partial charge in [0.25, 0.3) is 0 Å². The van der Waals surface area contributed by atoms with E-state index < -0.39 is 0 Å². The molecular weight excluding hydrogens is 200 g/mol. The van der Waals surface area contributed by atoms with E-state index in [4.69, 9.17) is 0 Å². The first-order valence-corrected chi connectivity index (χ1v) is 5.58. The van der Waals surface area contributed by atoms with Crippen LogP contribution in [0.15, 0.2) is 18.6 Å². The summed E-state index contributed by atoms with van der Waals surface area (Å²) in [7, 11) is 0. The SMILES string of the molecule is c1cc2c3c(c4[nH+]cn[nH]c-4c3n1)CCC2. The highest BCUT2D eigenvalue weighted by Crippen LogP contribution is 2.38. The van der Waals surface area contributed by atoms with E-state index in [-0.39, 0.29) is 0 Å². The Morgan fingerprint density at radius 3 is 3.31 bits per heavy atom. The van der Waals surface area contributed by atoms with Gasteiger partial charge < -0.3 is 0 Å². The van der Waals surface area contributed by atoms with Gasteiger partial charge in [-0.1, -0.05) is 0 Å². The molecule has 4 rings (SSSR count). The maximum atomic E-state index is 4.48. The fourth-order valence-corrected chi connectivity index (χ4v) is 2.80. The van der Waals surface area contributed by atoms with Crippen LogP contribution in [0.3, 0.4) is 0 Å². The molecule has 16 heavy (non-hydrogen) atoms. The summed E-state index contributed by atoms with van der Waals surface area (Å²) in [6, 6.07) is 2.14. The lowest BCUT2D eigenvalue weighted by molar-refractivity contribution is -0.371. The highest BCUT2D eigenvalue weighted by molar-refractivity contribution is 6.01. The highest BCUT2D eigenvalue weighted by atomic mass is 15.1. The molecule has 0 radical (unpaired) electrons. The summed E-state index contributed by atoms with van der Waals surface area (Å²) in [5.41, 5.74) is 6.09. The quantitative estimate of drug-likeness (QED) is 0.610. The predicted octanol–water partition coefficient (Wildman–Crippen LogP) is 1.37. The third kappa shape index (κ3) is 0.869. The van der Waals surface area contributed by atoms with Gasteiger partial charge in [0, 0.05) is 22.2 Å². The van der Waals surface area contributed by atoms with Crippen LogP contribution in [0.4, 0.5) is 0 Å². The zero-order valence-electron chi connectivity index (χ0n) is 8.75. The fraction of sp³-hybridized carbons (Fsp3) is 0.250. The first kappa shape index (κ1) is 8.21. The summed E-state index contributed by atoms with van der Waals surface area (Å²) in [6.45, 7) is 0. The molecule has 0 aromatic carbocycles. The molecule has 0 saturated heterocycles. The van der Waals surface area contributed by atoms with Crippen molar-refractivity contribution in [3.8, 4) is 11.4 Å². The van der Waals surface area contributed by atoms with Crippen LogP contribution in [-0.2, 0) is 12.8 Å². The maximum Gasteiger partial charge on any atom is 0.310 e. The van der Waals surface area contributed by atoms with Crippen LogP contribution in [0.5, 0.6) is 0 Å². The van der Waals surface area contributed by atoms with Crippen molar-refractivity contribution >= 4 is 10.9 Å². The van der Waals surface area contributed by atoms with E-state index >= 15 is 0 Å². The van der Waals surface area contributed by atoms with Crippen LogP contribution in [0.1, 0.15) is 17.5 Å². The molecule has 0 unspecified atom stereocenters. The van der Waals surface area contributed by atoms with E-state index in [1.165, 1.54) is 28.6 Å². The zero-order chi connectivity index (χ0) is 10.5. The summed E-state index contributed by atoms with van der Waals surface area (Å²) < 4.78 is 0. The van der Waals surface area contributed by atoms with Crippen molar-refractivity contribution in [2.75, 3.05) is 0 Å². The second-order valence-corrected chi connectivity index (χ2v) is 4.29. The molecule has 0 saturated carbocycles. The molecular formula is C12H11N4+. The fourth-order valence-electron chi connectivity index (χ4n) is 2.80. The van der Waals surface area contributed by atoms with Crippen LogP contribution < -0.4 is 4.98 Å². The van der Waals surface area contributed by atoms with E-state index in [0.717, 1.165) is 24.1 Å². The lowest BCUT2D eigenvalue weighted by Gasteiger charge is -2.10. The number of aromatic nitrogens is 4. The van der Waals surface area contributed by atoms with Crippen LogP contribution in [0.2, 0.25) is 0 Å². The number of rotatable bonds is 0. The second kappa shape index (κ2) is 2.78. The molecule has 78 valence electrons. The van der Waals surface area contributed by atoms with Crippen molar-refractivity contribution in [3.63, 3.8) is 0 Å². The lowest BCUT2D eigenvalue weighted by Crippen LogP contribution is -2.11. The first-order chi connectivity index (χ1) is 7.95. The van der Waals surface area contributed by atoms with Gasteiger partial charge in [-0.2, -0.15) is 5.10 Å². The molecule has 4 heteroatoms. The summed E-state index contributed by atoms with van der Waals surface area (Å²) in [5, 5.41) is 8.44. The van der Waals surface area contributed by atoms with Crippen LogP contribution in [0, 0.1) is 0 Å². The Labute approximate surface area is 92.1 Å². The van der Waals surface area contributed by atoms with Gasteiger partial charge >= 0.3 is 6.33 Å². The predicted molar refractivity (Wildman–Crippen MR) is 59.1 cm³/mol. The van der Waals surface area contributed by atoms with Gasteiger partial charge in [-0.15, -0.1) is 0 Å². The minimum atomic E-state index is 1.04. The molecule has 2 aliphatic carbocycles. The molecule has 4 nitrogen and oxygen atoms in total. The number of nitrogens with zero attached hydrogens (tertiary/aromatic N) is 2. The molecule has 3 aliphatic rings. The van der Waals surface area contributed by atoms with Crippen LogP contribution in [-0.4, -0.2) is 15.2 Å². The number of aromatic amines is 2. The minimum Gasteiger partial charge on any atom is -0.254 e. The molecule has 1 aliphatic heterocycles. The normalized spacial score (nSPS) is 14.8. The number of hydrogen-bond acceptors (Lipinski definition) is 2. The van der Waals surface area contributed by atoms with Gasteiger partial charge in [0.2, 0.25) is 0 Å². The van der Waals surface area contributed by atoms with E-state index in [1.807, 2.05) is 6.20 Å². The van der Waals surface area contributed by atoms with Gasteiger partial charge in [-0.3, -0.25) is 4.98 Å². The molecule has 2 N–H and O–H groups in total. The topological polar surface area (TPSA) is 55.7 Å². The number of hydrogen-bond donors (Lipinski definition) is 1. The number of H-pyrrole nitrogens is 2. The molecule has 0 fully saturated rings. The minimum absolute atomic E-state index is 1.04. The Hall–Kier alpha value is -1.97. The third-order valence-corrected chi connectivity index (χ3v) is 3.45. The van der Waals surface area contributed by atoms with Crippen molar-refractivity contribution in [2.45, 2.75) is 19.3 Å². The van der Waals surface area contributed by atoms with Crippen molar-refractivity contribution < 1.29 is 4.98 Å². The Morgan fingerprint density at radius 2 is 2.31 bits per heavy atom. The van der Waals surface area contributed by atoms with Crippen molar-refractivity contribution in [1.82, 2.24) is 15.2 Å². The van der Waals surface area contributed by atoms with Crippen molar-refractivity contribution in [3.05, 3.63) is 29.7 Å². The molecule has 1 aromatic rings. The average molecular weight is 211 g/mol. The van der Waals surface area contributed by atoms with Crippen LogP contribution in [0.25, 0.3) is 22.3 Å². The van der Waals surface area contributed by atoms with E-state index in [0.29, 0.717) is 0 Å². The van der Waals surface area contributed by atoms with Crippen molar-refractivity contribution in [1.29, 1.82) is 0 Å². The first-order valence-electron chi connectivity index (χ1n) is 5.58. The largest absolute Gasteiger partial charge is 0.310 e. The van der Waals surface area contributed by atoms with Gasteiger partial charge in [-0.25, -0.2) is 4.98 Å². The van der Waals surface area contributed by atoms with Crippen molar-refractivity contribution in [2.24, 2.45) is 0 Å². The Kier molecular flexibility index (Phi) is 1.43. The Balaban J connectivity index is 2.30. The number of aryl methyl sites for hydroxylation is 2. The van der Waals surface area contributed by atoms with E-state index in [9.17, 15) is 0 Å². The van der Waals surface area contributed by atoms with Gasteiger partial charge in [0.15, 0.2) is 11.4 Å². The number of pyridine rings is 1. The third-order valence-electron chi connectivity index (χ3n) is 3.45. The van der Waals surface area contributed by atoms with Gasteiger partial charge in [-0.05, 0) is 30.9 Å². The smallest absolute Gasteiger partial charge is 0.254 e. The number of fused-ring (bicyclic) bond motifs is 3. The second-order valence-electron chi connectivity index (χ2n) is 4.29. The summed E-state index contributed by atoms with van der Waals surface area (Å²) in [4.78, 5) is 7.72. The molecule has 2 heterocycles. The highest BCUT2D eigenvalue weighted by Gasteiger charge is 2.27. The van der Waals surface area contributed by atoms with Gasteiger partial charge in [0.1, 0.15) is 5.52 Å². The molecule has 1 aromatic heterocycles. The van der Waals surface area contributed by atoms with Crippen LogP contribution >= 0.6 is 0 Å². The van der Waals surface area contributed by atoms with E-state index in [2.05, 4.69) is 26.2 Å². The summed E-state index contributed by atoms with van der Waals surface area (Å²) in [5.74, 6) is 0. The van der Waals surface area contributed by atoms with E-state index in [1.54, 1.807) is 6.33 Å². The average Bonchev–Trinajstić information content (AvgIpc) is 2.68. The molecule has 0 bridgehead atoms.